The van der Waals surface area contributed by atoms with E-state index in [9.17, 15) is 9.59 Å². The monoisotopic (exact) mass is 401 g/mol. The molecule has 6 heteroatoms. The third-order valence-corrected chi connectivity index (χ3v) is 5.11. The number of urea groups is 1. The molecule has 1 aliphatic carbocycles. The Kier molecular flexibility index (Phi) is 6.45. The van der Waals surface area contributed by atoms with Crippen LogP contribution in [0.1, 0.15) is 54.9 Å². The molecule has 0 spiro atoms. The van der Waals surface area contributed by atoms with Crippen molar-refractivity contribution < 1.29 is 15.7 Å². The minimum Gasteiger partial charge on any atom is -0.494 e. The molecular formula is C22H25ClN2O3. The van der Waals surface area contributed by atoms with Crippen molar-refractivity contribution in [3.63, 3.8) is 0 Å². The maximum atomic E-state index is 12.8. The molecule has 0 saturated heterocycles. The van der Waals surface area contributed by atoms with Crippen LogP contribution < -0.4 is 15.4 Å². The third kappa shape index (κ3) is 5.26. The molecule has 2 aromatic carbocycles. The predicted molar refractivity (Wildman–Crippen MR) is 112 cm³/mol. The van der Waals surface area contributed by atoms with Gasteiger partial charge in [-0.1, -0.05) is 30.9 Å². The summed E-state index contributed by atoms with van der Waals surface area (Å²) in [4.78, 5) is 25.3. The van der Waals surface area contributed by atoms with Crippen LogP contribution in [-0.2, 0) is 0 Å². The smallest absolute Gasteiger partial charge is 0.319 e. The van der Waals surface area contributed by atoms with Crippen LogP contribution in [0.5, 0.6) is 5.75 Å². The van der Waals surface area contributed by atoms with Gasteiger partial charge in [0.2, 0.25) is 0 Å². The van der Waals surface area contributed by atoms with Crippen LogP contribution in [0.2, 0.25) is 6.43 Å². The van der Waals surface area contributed by atoms with Crippen LogP contribution in [0.25, 0.3) is 0 Å². The molecule has 0 radical (unpaired) electrons. The van der Waals surface area contributed by atoms with E-state index in [-0.39, 0.29) is 22.5 Å². The van der Waals surface area contributed by atoms with Gasteiger partial charge >= 0.3 is 6.03 Å². The lowest BCUT2D eigenvalue weighted by molar-refractivity contribution is 0.103. The molecule has 148 valence electrons. The predicted octanol–water partition coefficient (Wildman–Crippen LogP) is 5.42. The van der Waals surface area contributed by atoms with Crippen LogP contribution in [0.15, 0.2) is 42.5 Å². The Labute approximate surface area is 171 Å². The molecule has 0 unspecified atom stereocenters. The van der Waals surface area contributed by atoms with Gasteiger partial charge in [0.25, 0.3) is 0 Å². The first-order chi connectivity index (χ1) is 14.0. The average Bonchev–Trinajstić information content (AvgIpc) is 2.74. The quantitative estimate of drug-likeness (QED) is 0.634. The van der Waals surface area contributed by atoms with E-state index in [1.165, 1.54) is 18.6 Å². The SMILES string of the molecule is [2H]N(C(=O)NC1CCCCC1)c1cc(C(=O)c2ccc(OCC)cc2)ccc1Cl. The molecule has 1 fully saturated rings. The second-order valence-corrected chi connectivity index (χ2v) is 7.26. The first-order valence-corrected chi connectivity index (χ1v) is 10.0. The van der Waals surface area contributed by atoms with Gasteiger partial charge in [0.15, 0.2) is 7.20 Å². The number of ether oxygens (including phenoxy) is 1. The highest BCUT2D eigenvalue weighted by molar-refractivity contribution is 6.34. The highest BCUT2D eigenvalue weighted by Gasteiger charge is 2.17. The highest BCUT2D eigenvalue weighted by Crippen LogP contribution is 2.25. The van der Waals surface area contributed by atoms with E-state index < -0.39 is 6.03 Å². The normalized spacial score (nSPS) is 14.9. The lowest BCUT2D eigenvalue weighted by Crippen LogP contribution is -2.39. The van der Waals surface area contributed by atoms with Gasteiger partial charge in [-0.05, 0) is 62.2 Å². The average molecular weight is 402 g/mol. The van der Waals surface area contributed by atoms with Crippen molar-refractivity contribution in [2.24, 2.45) is 0 Å². The fraction of sp³-hybridized carbons (Fsp3) is 0.364. The van der Waals surface area contributed by atoms with Crippen molar-refractivity contribution in [1.82, 2.24) is 5.32 Å². The Morgan fingerprint density at radius 1 is 1.11 bits per heavy atom. The van der Waals surface area contributed by atoms with Gasteiger partial charge < -0.3 is 15.4 Å². The molecule has 0 aliphatic heterocycles. The van der Waals surface area contributed by atoms with Crippen molar-refractivity contribution in [3.8, 4) is 5.75 Å². The first-order valence-electron chi connectivity index (χ1n) is 10.1. The van der Waals surface area contributed by atoms with Crippen LogP contribution in [0, 0.1) is 0 Å². The number of benzene rings is 2. The zero-order chi connectivity index (χ0) is 20.8. The molecule has 0 aromatic heterocycles. The lowest BCUT2D eigenvalue weighted by atomic mass is 9.96. The zero-order valence-corrected chi connectivity index (χ0v) is 16.7. The minimum atomic E-state index is -0.538. The largest absolute Gasteiger partial charge is 0.494 e. The van der Waals surface area contributed by atoms with Crippen LogP contribution in [0.4, 0.5) is 10.5 Å². The van der Waals surface area contributed by atoms with E-state index in [4.69, 9.17) is 17.7 Å². The molecule has 2 N–H and O–H groups in total. The molecule has 0 bridgehead atoms. The molecule has 5 nitrogen and oxygen atoms in total. The van der Waals surface area contributed by atoms with Gasteiger partial charge in [-0.15, -0.1) is 0 Å². The molecule has 2 aromatic rings. The molecule has 0 atom stereocenters. The Hall–Kier alpha value is -2.53. The van der Waals surface area contributed by atoms with Crippen LogP contribution >= 0.6 is 11.6 Å². The maximum absolute atomic E-state index is 12.8. The Morgan fingerprint density at radius 3 is 2.46 bits per heavy atom. The number of nitrogens with one attached hydrogen (secondary N) is 2. The number of rotatable bonds is 6. The zero-order valence-electron chi connectivity index (χ0n) is 16.9. The second-order valence-electron chi connectivity index (χ2n) is 6.85. The number of hydrogen-bond acceptors (Lipinski definition) is 3. The van der Waals surface area contributed by atoms with E-state index in [2.05, 4.69) is 5.32 Å². The van der Waals surface area contributed by atoms with Crippen molar-refractivity contribution in [3.05, 3.63) is 58.6 Å². The van der Waals surface area contributed by atoms with Gasteiger partial charge in [0.05, 0.1) is 17.3 Å². The Morgan fingerprint density at radius 2 is 1.79 bits per heavy atom. The van der Waals surface area contributed by atoms with Gasteiger partial charge in [0.1, 0.15) is 5.75 Å². The first kappa shape index (κ1) is 18.8. The van der Waals surface area contributed by atoms with E-state index >= 15 is 0 Å². The summed E-state index contributed by atoms with van der Waals surface area (Å²) >= 11 is 6.21. The molecule has 1 saturated carbocycles. The second kappa shape index (κ2) is 9.60. The fourth-order valence-corrected chi connectivity index (χ4v) is 3.50. The highest BCUT2D eigenvalue weighted by atomic mass is 35.5. The summed E-state index contributed by atoms with van der Waals surface area (Å²) in [6.45, 7) is 2.45. The summed E-state index contributed by atoms with van der Waals surface area (Å²) in [6, 6.07) is 11.0. The number of amides is 2. The summed E-state index contributed by atoms with van der Waals surface area (Å²) in [7, 11) is 0. The summed E-state index contributed by atoms with van der Waals surface area (Å²) in [5, 5.41) is 3.85. The van der Waals surface area contributed by atoms with E-state index in [1.807, 2.05) is 6.92 Å². The van der Waals surface area contributed by atoms with Crippen LogP contribution in [-0.4, -0.2) is 24.5 Å². The summed E-state index contributed by atoms with van der Waals surface area (Å²) in [6.07, 6.45) is 5.18. The molecule has 1 aliphatic rings. The molecule has 2 amide bonds. The van der Waals surface area contributed by atoms with E-state index in [0.29, 0.717) is 23.5 Å². The number of anilines is 1. The van der Waals surface area contributed by atoms with E-state index in [1.54, 1.807) is 30.3 Å². The van der Waals surface area contributed by atoms with Crippen molar-refractivity contribution in [1.29, 1.82) is 0 Å². The molecular weight excluding hydrogens is 376 g/mol. The number of carbonyl (C=O) groups is 2. The van der Waals surface area contributed by atoms with Gasteiger partial charge in [-0.3, -0.25) is 4.79 Å². The Bertz CT molecular complexity index is 867. The topological polar surface area (TPSA) is 67.4 Å². The number of ketones is 1. The number of hydrogen-bond donors (Lipinski definition) is 2. The summed E-state index contributed by atoms with van der Waals surface area (Å²) in [5.41, 5.74) is 1.03. The van der Waals surface area contributed by atoms with E-state index in [0.717, 1.165) is 31.0 Å². The Balaban J connectivity index is 1.75. The fourth-order valence-electron chi connectivity index (χ4n) is 3.34. The van der Waals surface area contributed by atoms with Gasteiger partial charge in [-0.25, -0.2) is 4.79 Å². The number of halogens is 1. The van der Waals surface area contributed by atoms with Gasteiger partial charge in [0, 0.05) is 17.2 Å². The lowest BCUT2D eigenvalue weighted by Gasteiger charge is -2.23. The summed E-state index contributed by atoms with van der Waals surface area (Å²) in [5.74, 6) is 0.476. The van der Waals surface area contributed by atoms with Gasteiger partial charge in [-0.2, -0.15) is 0 Å². The standard InChI is InChI=1S/C22H25ClN2O3/c1-2-28-18-11-8-15(9-12-18)21(26)16-10-13-19(23)20(14-16)25-22(27)24-17-6-4-3-5-7-17/h8-14,17H,2-7H2,1H3,(H2,24,25,27)/i/hD. The molecule has 3 rings (SSSR count). The molecule has 0 heterocycles. The maximum Gasteiger partial charge on any atom is 0.319 e. The minimum absolute atomic E-state index is 0.0801. The van der Waals surface area contributed by atoms with Crippen molar-refractivity contribution >= 4 is 29.1 Å². The molecule has 28 heavy (non-hydrogen) atoms. The van der Waals surface area contributed by atoms with Crippen molar-refractivity contribution in [2.45, 2.75) is 45.1 Å². The summed E-state index contributed by atoms with van der Waals surface area (Å²) < 4.78 is 13.6. The van der Waals surface area contributed by atoms with Crippen molar-refractivity contribution in [2.75, 3.05) is 11.9 Å². The van der Waals surface area contributed by atoms with Crippen LogP contribution in [0.3, 0.4) is 0 Å². The number of carbonyl (C=O) groups excluding carboxylic acids is 2. The third-order valence-electron chi connectivity index (χ3n) is 4.79.